The highest BCUT2D eigenvalue weighted by Crippen LogP contribution is 2.23. The maximum absolute atomic E-state index is 6.13. The molecule has 0 heterocycles. The third-order valence-corrected chi connectivity index (χ3v) is 3.50. The van der Waals surface area contributed by atoms with E-state index in [9.17, 15) is 0 Å². The minimum Gasteiger partial charge on any atom is -0.380 e. The van der Waals surface area contributed by atoms with Crippen LogP contribution < -0.4 is 5.32 Å². The van der Waals surface area contributed by atoms with Gasteiger partial charge in [0.05, 0.1) is 10.7 Å². The summed E-state index contributed by atoms with van der Waals surface area (Å²) in [5, 5.41) is 4.16. The van der Waals surface area contributed by atoms with Crippen molar-refractivity contribution >= 4 is 17.3 Å². The minimum absolute atomic E-state index is 0.764. The Kier molecular flexibility index (Phi) is 3.93. The summed E-state index contributed by atoms with van der Waals surface area (Å²) in [5.74, 6) is 0. The summed E-state index contributed by atoms with van der Waals surface area (Å²) in [7, 11) is 0. The Labute approximate surface area is 114 Å². The van der Waals surface area contributed by atoms with Gasteiger partial charge in [-0.25, -0.2) is 0 Å². The number of nitrogens with one attached hydrogen (secondary N) is 1. The lowest BCUT2D eigenvalue weighted by Gasteiger charge is -2.14. The number of anilines is 1. The highest BCUT2D eigenvalue weighted by atomic mass is 35.5. The molecule has 0 fully saturated rings. The second-order valence-electron chi connectivity index (χ2n) is 4.71. The van der Waals surface area contributed by atoms with Crippen molar-refractivity contribution in [2.24, 2.45) is 0 Å². The standard InChI is InChI=1S/C16H18ClN/c1-11-8-12(2)14(13(3)9-11)10-18-16-7-5-4-6-15(16)17/h4-9,18H,10H2,1-3H3. The third kappa shape index (κ3) is 2.85. The summed E-state index contributed by atoms with van der Waals surface area (Å²) in [5.41, 5.74) is 6.30. The largest absolute Gasteiger partial charge is 0.380 e. The molecular weight excluding hydrogens is 242 g/mol. The van der Waals surface area contributed by atoms with Crippen LogP contribution in [-0.4, -0.2) is 0 Å². The Morgan fingerprint density at radius 3 is 2.22 bits per heavy atom. The number of aryl methyl sites for hydroxylation is 3. The third-order valence-electron chi connectivity index (χ3n) is 3.17. The zero-order valence-corrected chi connectivity index (χ0v) is 11.8. The van der Waals surface area contributed by atoms with Gasteiger partial charge in [-0.15, -0.1) is 0 Å². The first kappa shape index (κ1) is 13.0. The van der Waals surface area contributed by atoms with Crippen LogP contribution in [0.2, 0.25) is 5.02 Å². The summed E-state index contributed by atoms with van der Waals surface area (Å²) >= 11 is 6.13. The van der Waals surface area contributed by atoms with Crippen LogP contribution in [0.25, 0.3) is 0 Å². The van der Waals surface area contributed by atoms with Gasteiger partial charge in [-0.1, -0.05) is 41.4 Å². The molecular formula is C16H18ClN. The molecule has 0 unspecified atom stereocenters. The van der Waals surface area contributed by atoms with E-state index in [2.05, 4.69) is 38.2 Å². The molecule has 2 rings (SSSR count). The van der Waals surface area contributed by atoms with Gasteiger partial charge in [0, 0.05) is 6.54 Å². The number of halogens is 1. The molecule has 2 heteroatoms. The van der Waals surface area contributed by atoms with E-state index in [-0.39, 0.29) is 0 Å². The van der Waals surface area contributed by atoms with Crippen LogP contribution in [0, 0.1) is 20.8 Å². The van der Waals surface area contributed by atoms with E-state index < -0.39 is 0 Å². The molecule has 0 aliphatic rings. The predicted octanol–water partition coefficient (Wildman–Crippen LogP) is 4.88. The Balaban J connectivity index is 2.19. The zero-order chi connectivity index (χ0) is 13.1. The van der Waals surface area contributed by atoms with E-state index in [4.69, 9.17) is 11.6 Å². The molecule has 0 radical (unpaired) electrons. The van der Waals surface area contributed by atoms with Gasteiger partial charge in [0.25, 0.3) is 0 Å². The first-order chi connectivity index (χ1) is 8.58. The molecule has 0 aromatic heterocycles. The van der Waals surface area contributed by atoms with Gasteiger partial charge in [-0.2, -0.15) is 0 Å². The minimum atomic E-state index is 0.764. The average Bonchev–Trinajstić information content (AvgIpc) is 2.30. The lowest BCUT2D eigenvalue weighted by Crippen LogP contribution is -2.04. The molecule has 0 aliphatic heterocycles. The molecule has 0 spiro atoms. The van der Waals surface area contributed by atoms with E-state index in [1.807, 2.05) is 24.3 Å². The van der Waals surface area contributed by atoms with Gasteiger partial charge in [0.1, 0.15) is 0 Å². The molecule has 0 saturated heterocycles. The highest BCUT2D eigenvalue weighted by molar-refractivity contribution is 6.33. The quantitative estimate of drug-likeness (QED) is 0.829. The molecule has 94 valence electrons. The molecule has 0 atom stereocenters. The van der Waals surface area contributed by atoms with Crippen LogP contribution in [0.3, 0.4) is 0 Å². The fourth-order valence-corrected chi connectivity index (χ4v) is 2.48. The summed E-state index contributed by atoms with van der Waals surface area (Å²) < 4.78 is 0. The summed E-state index contributed by atoms with van der Waals surface area (Å²) in [4.78, 5) is 0. The molecule has 0 amide bonds. The second kappa shape index (κ2) is 5.45. The van der Waals surface area contributed by atoms with Crippen molar-refractivity contribution in [1.29, 1.82) is 0 Å². The lowest BCUT2D eigenvalue weighted by atomic mass is 10.00. The Morgan fingerprint density at radius 1 is 1.00 bits per heavy atom. The van der Waals surface area contributed by atoms with E-state index in [0.29, 0.717) is 0 Å². The van der Waals surface area contributed by atoms with Gasteiger partial charge in [-0.3, -0.25) is 0 Å². The van der Waals surface area contributed by atoms with Gasteiger partial charge >= 0.3 is 0 Å². The van der Waals surface area contributed by atoms with Crippen molar-refractivity contribution in [3.05, 3.63) is 63.7 Å². The average molecular weight is 260 g/mol. The van der Waals surface area contributed by atoms with Crippen molar-refractivity contribution < 1.29 is 0 Å². The van der Waals surface area contributed by atoms with Crippen LogP contribution in [0.1, 0.15) is 22.3 Å². The monoisotopic (exact) mass is 259 g/mol. The van der Waals surface area contributed by atoms with E-state index >= 15 is 0 Å². The number of hydrogen-bond acceptors (Lipinski definition) is 1. The van der Waals surface area contributed by atoms with Crippen LogP contribution in [0.5, 0.6) is 0 Å². The molecule has 1 nitrogen and oxygen atoms in total. The van der Waals surface area contributed by atoms with Gasteiger partial charge in [-0.05, 0) is 49.6 Å². The summed E-state index contributed by atoms with van der Waals surface area (Å²) in [6, 6.07) is 12.3. The Hall–Kier alpha value is -1.47. The zero-order valence-electron chi connectivity index (χ0n) is 11.0. The topological polar surface area (TPSA) is 12.0 Å². The van der Waals surface area contributed by atoms with Crippen LogP contribution in [-0.2, 0) is 6.54 Å². The summed E-state index contributed by atoms with van der Waals surface area (Å²) in [6.45, 7) is 7.25. The first-order valence-corrected chi connectivity index (χ1v) is 6.51. The molecule has 2 aromatic carbocycles. The molecule has 2 aromatic rings. The smallest absolute Gasteiger partial charge is 0.0637 e. The van der Waals surface area contributed by atoms with Gasteiger partial charge in [0.15, 0.2) is 0 Å². The SMILES string of the molecule is Cc1cc(C)c(CNc2ccccc2Cl)c(C)c1. The van der Waals surface area contributed by atoms with Crippen LogP contribution in [0.15, 0.2) is 36.4 Å². The molecule has 1 N–H and O–H groups in total. The number of rotatable bonds is 3. The fraction of sp³-hybridized carbons (Fsp3) is 0.250. The summed E-state index contributed by atoms with van der Waals surface area (Å²) in [6.07, 6.45) is 0. The first-order valence-electron chi connectivity index (χ1n) is 6.13. The van der Waals surface area contributed by atoms with Gasteiger partial charge in [0.2, 0.25) is 0 Å². The fourth-order valence-electron chi connectivity index (χ4n) is 2.28. The molecule has 18 heavy (non-hydrogen) atoms. The van der Waals surface area contributed by atoms with E-state index in [1.54, 1.807) is 0 Å². The Bertz CT molecular complexity index is 538. The maximum Gasteiger partial charge on any atom is 0.0637 e. The van der Waals surface area contributed by atoms with Crippen molar-refractivity contribution in [2.45, 2.75) is 27.3 Å². The number of hydrogen-bond donors (Lipinski definition) is 1. The van der Waals surface area contributed by atoms with Crippen LogP contribution >= 0.6 is 11.6 Å². The van der Waals surface area contributed by atoms with Gasteiger partial charge < -0.3 is 5.32 Å². The van der Waals surface area contributed by atoms with Crippen LogP contribution in [0.4, 0.5) is 5.69 Å². The van der Waals surface area contributed by atoms with E-state index in [1.165, 1.54) is 22.3 Å². The number of para-hydroxylation sites is 1. The lowest BCUT2D eigenvalue weighted by molar-refractivity contribution is 1.08. The van der Waals surface area contributed by atoms with Crippen molar-refractivity contribution in [3.8, 4) is 0 Å². The van der Waals surface area contributed by atoms with E-state index in [0.717, 1.165) is 17.3 Å². The maximum atomic E-state index is 6.13. The number of benzene rings is 2. The second-order valence-corrected chi connectivity index (χ2v) is 5.12. The molecule has 0 aliphatic carbocycles. The normalized spacial score (nSPS) is 10.4. The highest BCUT2D eigenvalue weighted by Gasteiger charge is 2.04. The predicted molar refractivity (Wildman–Crippen MR) is 79.4 cm³/mol. The van der Waals surface area contributed by atoms with Crippen molar-refractivity contribution in [3.63, 3.8) is 0 Å². The molecule has 0 saturated carbocycles. The molecule has 0 bridgehead atoms. The van der Waals surface area contributed by atoms with Crippen molar-refractivity contribution in [1.82, 2.24) is 0 Å². The van der Waals surface area contributed by atoms with Crippen molar-refractivity contribution in [2.75, 3.05) is 5.32 Å². The Morgan fingerprint density at radius 2 is 1.61 bits per heavy atom.